The first kappa shape index (κ1) is 7.54. The van der Waals surface area contributed by atoms with Crippen LogP contribution in [0.3, 0.4) is 0 Å². The third-order valence-electron chi connectivity index (χ3n) is 1.59. The van der Waals surface area contributed by atoms with Gasteiger partial charge in [0.25, 0.3) is 0 Å². The van der Waals surface area contributed by atoms with E-state index in [1.165, 1.54) is 0 Å². The number of nitrogens with one attached hydrogen (secondary N) is 1. The van der Waals surface area contributed by atoms with Gasteiger partial charge in [-0.15, -0.1) is 0 Å². The molecule has 1 fully saturated rings. The molecule has 1 aliphatic heterocycles. The first-order chi connectivity index (χ1) is 4.83. The van der Waals surface area contributed by atoms with Crippen LogP contribution in [-0.4, -0.2) is 25.2 Å². The standard InChI is InChI=1S/C7H13NO2/c1-2-3-6-4-8-7(9)5-10-6/h6H,2-5H2,1H3,(H,8,9). The van der Waals surface area contributed by atoms with Crippen LogP contribution in [-0.2, 0) is 9.53 Å². The number of hydrogen-bond donors (Lipinski definition) is 1. The van der Waals surface area contributed by atoms with Crippen LogP contribution in [0.5, 0.6) is 0 Å². The van der Waals surface area contributed by atoms with Gasteiger partial charge in [0, 0.05) is 6.54 Å². The zero-order valence-corrected chi connectivity index (χ0v) is 6.22. The summed E-state index contributed by atoms with van der Waals surface area (Å²) in [6.45, 7) is 3.04. The maximum absolute atomic E-state index is 10.6. The lowest BCUT2D eigenvalue weighted by Crippen LogP contribution is -2.42. The molecular weight excluding hydrogens is 130 g/mol. The molecule has 0 saturated carbocycles. The molecular formula is C7H13NO2. The number of ether oxygens (including phenoxy) is 1. The Balaban J connectivity index is 2.19. The summed E-state index contributed by atoms with van der Waals surface area (Å²) < 4.78 is 5.22. The first-order valence-corrected chi connectivity index (χ1v) is 3.71. The van der Waals surface area contributed by atoms with Crippen molar-refractivity contribution in [3.63, 3.8) is 0 Å². The lowest BCUT2D eigenvalue weighted by Gasteiger charge is -2.22. The van der Waals surface area contributed by atoms with E-state index in [1.54, 1.807) is 0 Å². The van der Waals surface area contributed by atoms with Gasteiger partial charge in [0.05, 0.1) is 6.10 Å². The fourth-order valence-corrected chi connectivity index (χ4v) is 1.04. The summed E-state index contributed by atoms with van der Waals surface area (Å²) in [5, 5.41) is 2.75. The Hall–Kier alpha value is -0.570. The van der Waals surface area contributed by atoms with Crippen molar-refractivity contribution in [3.8, 4) is 0 Å². The van der Waals surface area contributed by atoms with E-state index in [1.807, 2.05) is 0 Å². The highest BCUT2D eigenvalue weighted by molar-refractivity contribution is 5.77. The van der Waals surface area contributed by atoms with Gasteiger partial charge in [-0.05, 0) is 6.42 Å². The Labute approximate surface area is 60.7 Å². The number of amides is 1. The number of carbonyl (C=O) groups is 1. The molecule has 1 unspecified atom stereocenters. The highest BCUT2D eigenvalue weighted by Gasteiger charge is 2.16. The maximum Gasteiger partial charge on any atom is 0.246 e. The van der Waals surface area contributed by atoms with Crippen LogP contribution in [0.4, 0.5) is 0 Å². The predicted molar refractivity (Wildman–Crippen MR) is 37.7 cm³/mol. The molecule has 0 aromatic rings. The topological polar surface area (TPSA) is 38.3 Å². The summed E-state index contributed by atoms with van der Waals surface area (Å²) in [6.07, 6.45) is 2.41. The molecule has 1 heterocycles. The molecule has 1 N–H and O–H groups in total. The van der Waals surface area contributed by atoms with Gasteiger partial charge in [0.2, 0.25) is 5.91 Å². The average Bonchev–Trinajstić information content (AvgIpc) is 1.95. The van der Waals surface area contributed by atoms with E-state index in [4.69, 9.17) is 4.74 Å². The molecule has 1 amide bonds. The van der Waals surface area contributed by atoms with Crippen molar-refractivity contribution in [1.82, 2.24) is 5.32 Å². The molecule has 1 rings (SSSR count). The van der Waals surface area contributed by atoms with Crippen molar-refractivity contribution >= 4 is 5.91 Å². The summed E-state index contributed by atoms with van der Waals surface area (Å²) in [7, 11) is 0. The van der Waals surface area contributed by atoms with Gasteiger partial charge in [0.1, 0.15) is 6.61 Å². The van der Waals surface area contributed by atoms with Crippen molar-refractivity contribution in [2.45, 2.75) is 25.9 Å². The lowest BCUT2D eigenvalue weighted by molar-refractivity contribution is -0.133. The van der Waals surface area contributed by atoms with Gasteiger partial charge in [-0.2, -0.15) is 0 Å². The van der Waals surface area contributed by atoms with Crippen molar-refractivity contribution in [1.29, 1.82) is 0 Å². The average molecular weight is 143 g/mol. The molecule has 3 heteroatoms. The maximum atomic E-state index is 10.6. The molecule has 0 radical (unpaired) electrons. The minimum atomic E-state index is 0.00681. The molecule has 10 heavy (non-hydrogen) atoms. The molecule has 1 saturated heterocycles. The second-order valence-electron chi connectivity index (χ2n) is 2.53. The van der Waals surface area contributed by atoms with Crippen LogP contribution in [0.2, 0.25) is 0 Å². The molecule has 3 nitrogen and oxygen atoms in total. The van der Waals surface area contributed by atoms with E-state index in [0.29, 0.717) is 6.54 Å². The van der Waals surface area contributed by atoms with Gasteiger partial charge in [-0.1, -0.05) is 13.3 Å². The van der Waals surface area contributed by atoms with Gasteiger partial charge in [-0.3, -0.25) is 4.79 Å². The normalized spacial score (nSPS) is 26.1. The van der Waals surface area contributed by atoms with E-state index in [9.17, 15) is 4.79 Å². The van der Waals surface area contributed by atoms with Crippen LogP contribution in [0, 0.1) is 0 Å². The van der Waals surface area contributed by atoms with Crippen molar-refractivity contribution in [3.05, 3.63) is 0 Å². The quantitative estimate of drug-likeness (QED) is 0.603. The number of morpholine rings is 1. The van der Waals surface area contributed by atoms with Crippen LogP contribution in [0.25, 0.3) is 0 Å². The molecule has 1 atom stereocenters. The van der Waals surface area contributed by atoms with Crippen LogP contribution in [0.15, 0.2) is 0 Å². The summed E-state index contributed by atoms with van der Waals surface area (Å²) in [5.41, 5.74) is 0. The van der Waals surface area contributed by atoms with E-state index >= 15 is 0 Å². The Bertz CT molecular complexity index is 115. The zero-order chi connectivity index (χ0) is 7.40. The minimum Gasteiger partial charge on any atom is -0.367 e. The van der Waals surface area contributed by atoms with Gasteiger partial charge < -0.3 is 10.1 Å². The Morgan fingerprint density at radius 2 is 2.60 bits per heavy atom. The van der Waals surface area contributed by atoms with Crippen molar-refractivity contribution in [2.75, 3.05) is 13.2 Å². The monoisotopic (exact) mass is 143 g/mol. The summed E-state index contributed by atoms with van der Waals surface area (Å²) in [5.74, 6) is 0.00681. The smallest absolute Gasteiger partial charge is 0.246 e. The third kappa shape index (κ3) is 1.99. The highest BCUT2D eigenvalue weighted by atomic mass is 16.5. The van der Waals surface area contributed by atoms with Crippen LogP contribution < -0.4 is 5.32 Å². The SMILES string of the molecule is CCCC1CNC(=O)CO1. The second-order valence-corrected chi connectivity index (χ2v) is 2.53. The van der Waals surface area contributed by atoms with Crippen molar-refractivity contribution in [2.24, 2.45) is 0 Å². The molecule has 0 spiro atoms. The predicted octanol–water partition coefficient (Wildman–Crippen LogP) is 0.301. The largest absolute Gasteiger partial charge is 0.367 e. The minimum absolute atomic E-state index is 0.00681. The molecule has 0 bridgehead atoms. The molecule has 1 aliphatic rings. The first-order valence-electron chi connectivity index (χ1n) is 3.71. The van der Waals surface area contributed by atoms with E-state index < -0.39 is 0 Å². The second kappa shape index (κ2) is 3.56. The van der Waals surface area contributed by atoms with E-state index in [2.05, 4.69) is 12.2 Å². The number of hydrogen-bond acceptors (Lipinski definition) is 2. The summed E-state index contributed by atoms with van der Waals surface area (Å²) >= 11 is 0. The zero-order valence-electron chi connectivity index (χ0n) is 6.22. The molecule has 58 valence electrons. The Morgan fingerprint density at radius 3 is 3.10 bits per heavy atom. The number of rotatable bonds is 2. The Morgan fingerprint density at radius 1 is 1.80 bits per heavy atom. The summed E-state index contributed by atoms with van der Waals surface area (Å²) in [6, 6.07) is 0. The van der Waals surface area contributed by atoms with Crippen LogP contribution >= 0.6 is 0 Å². The van der Waals surface area contributed by atoms with Gasteiger partial charge in [-0.25, -0.2) is 0 Å². The van der Waals surface area contributed by atoms with Gasteiger partial charge >= 0.3 is 0 Å². The molecule has 0 aliphatic carbocycles. The van der Waals surface area contributed by atoms with Gasteiger partial charge in [0.15, 0.2) is 0 Å². The van der Waals surface area contributed by atoms with Crippen LogP contribution in [0.1, 0.15) is 19.8 Å². The van der Waals surface area contributed by atoms with Crippen molar-refractivity contribution < 1.29 is 9.53 Å². The molecule has 0 aromatic carbocycles. The number of carbonyl (C=O) groups excluding carboxylic acids is 1. The highest BCUT2D eigenvalue weighted by Crippen LogP contribution is 2.03. The lowest BCUT2D eigenvalue weighted by atomic mass is 10.2. The third-order valence-corrected chi connectivity index (χ3v) is 1.59. The molecule has 0 aromatic heterocycles. The Kier molecular flexibility index (Phi) is 2.68. The van der Waals surface area contributed by atoms with E-state index in [0.717, 1.165) is 12.8 Å². The summed E-state index contributed by atoms with van der Waals surface area (Å²) in [4.78, 5) is 10.6. The fourth-order valence-electron chi connectivity index (χ4n) is 1.04. The van der Waals surface area contributed by atoms with E-state index in [-0.39, 0.29) is 18.6 Å². The fraction of sp³-hybridized carbons (Fsp3) is 0.857.